The quantitative estimate of drug-likeness (QED) is 0.232. The van der Waals surface area contributed by atoms with Crippen LogP contribution in [-0.4, -0.2) is 78.7 Å². The van der Waals surface area contributed by atoms with Gasteiger partial charge >= 0.3 is 51.4 Å². The van der Waals surface area contributed by atoms with Gasteiger partial charge in [0.2, 0.25) is 0 Å². The molecule has 10 heteroatoms. The van der Waals surface area contributed by atoms with Crippen molar-refractivity contribution < 1.29 is 66.1 Å². The van der Waals surface area contributed by atoms with Crippen molar-refractivity contribution in [2.24, 2.45) is 0 Å². The zero-order valence-electron chi connectivity index (χ0n) is 24.2. The minimum Gasteiger partial charge on any atom is -0.785 e. The number of aromatic nitrogens is 1. The number of carbonyl (C=O) groups excluding carboxylic acids is 1. The van der Waals surface area contributed by atoms with Crippen LogP contribution in [0.15, 0.2) is 36.4 Å². The van der Waals surface area contributed by atoms with E-state index < -0.39 is 0 Å². The molecule has 214 valence electrons. The number of anilines is 1. The number of carbonyl (C=O) groups is 2. The molecular formula is C30H44KN5O4. The van der Waals surface area contributed by atoms with Crippen LogP contribution < -0.4 is 62.0 Å². The van der Waals surface area contributed by atoms with Crippen molar-refractivity contribution in [3.8, 4) is 0 Å². The number of benzene rings is 1. The number of amides is 1. The van der Waals surface area contributed by atoms with Crippen molar-refractivity contribution in [1.29, 1.82) is 0 Å². The molecule has 5 rings (SSSR count). The molecule has 9 nitrogen and oxygen atoms in total. The standard InChI is InChI=1S/C16H25N3.C13H17N2O2.CH2O2.K/c1-2-11-19(12-3-1)13-5-7-15-9-8-14-6-4-10-17-16(14)18-15;1-15(17)9-8-14-13(16)12-6-4-11(5-7-12)10-2-3-10;2-1-3;/h8-9H,1-7,10-13H2,(H,17,18);4-7,10H,2-3,8-9H2,1H3,(H,14,16);1H,(H,2,3);/q;-1;;+1. The van der Waals surface area contributed by atoms with Crippen LogP contribution in [0.25, 0.3) is 0 Å². The minimum atomic E-state index is -0.250. The number of fused-ring (bicyclic) bond motifs is 1. The van der Waals surface area contributed by atoms with E-state index in [1.54, 1.807) is 0 Å². The van der Waals surface area contributed by atoms with E-state index in [0.29, 0.717) is 24.6 Å². The predicted molar refractivity (Wildman–Crippen MR) is 155 cm³/mol. The maximum absolute atomic E-state index is 11.7. The Bertz CT molecular complexity index is 1010. The predicted octanol–water partition coefficient (Wildman–Crippen LogP) is 1.29. The van der Waals surface area contributed by atoms with E-state index in [1.165, 1.54) is 94.9 Å². The summed E-state index contributed by atoms with van der Waals surface area (Å²) in [5, 5.41) is 24.5. The Morgan fingerprint density at radius 1 is 1.15 bits per heavy atom. The van der Waals surface area contributed by atoms with E-state index in [9.17, 15) is 10.0 Å². The normalized spacial score (nSPS) is 16.1. The number of aryl methyl sites for hydroxylation is 2. The number of likely N-dealkylation sites (N-methyl/N-ethyl adjacent to an activating group) is 1. The second-order valence-corrected chi connectivity index (χ2v) is 10.5. The number of hydrogen-bond acceptors (Lipinski definition) is 7. The van der Waals surface area contributed by atoms with Crippen LogP contribution in [0.2, 0.25) is 0 Å². The zero-order valence-corrected chi connectivity index (χ0v) is 27.4. The van der Waals surface area contributed by atoms with E-state index in [0.717, 1.165) is 23.8 Å². The van der Waals surface area contributed by atoms with Gasteiger partial charge in [0.15, 0.2) is 0 Å². The summed E-state index contributed by atoms with van der Waals surface area (Å²) in [5.74, 6) is 1.73. The van der Waals surface area contributed by atoms with Crippen molar-refractivity contribution in [3.05, 3.63) is 64.0 Å². The van der Waals surface area contributed by atoms with Gasteiger partial charge in [0, 0.05) is 30.9 Å². The first-order valence-electron chi connectivity index (χ1n) is 14.3. The molecule has 1 amide bonds. The molecule has 1 aromatic carbocycles. The summed E-state index contributed by atoms with van der Waals surface area (Å²) in [5.41, 5.74) is 4.62. The molecule has 3 N–H and O–H groups in total. The molecule has 3 heterocycles. The Hall–Kier alpha value is -1.37. The van der Waals surface area contributed by atoms with E-state index in [1.807, 2.05) is 24.3 Å². The number of nitrogens with zero attached hydrogens (tertiary/aromatic N) is 3. The average molecular weight is 578 g/mol. The van der Waals surface area contributed by atoms with Crippen LogP contribution in [0.3, 0.4) is 0 Å². The van der Waals surface area contributed by atoms with Crippen molar-refractivity contribution in [1.82, 2.24) is 20.3 Å². The number of piperidine rings is 1. The van der Waals surface area contributed by atoms with Gasteiger partial charge in [0.25, 0.3) is 12.4 Å². The maximum atomic E-state index is 11.7. The van der Waals surface area contributed by atoms with Gasteiger partial charge < -0.3 is 30.9 Å². The molecule has 40 heavy (non-hydrogen) atoms. The molecule has 1 saturated carbocycles. The number of hydrogen-bond donors (Lipinski definition) is 3. The Balaban J connectivity index is 0.000000251. The largest absolute Gasteiger partial charge is 1.00 e. The summed E-state index contributed by atoms with van der Waals surface area (Å²) < 4.78 is 0. The minimum absolute atomic E-state index is 0. The van der Waals surface area contributed by atoms with E-state index >= 15 is 0 Å². The van der Waals surface area contributed by atoms with Gasteiger partial charge in [0.05, 0.1) is 0 Å². The van der Waals surface area contributed by atoms with Crippen LogP contribution >= 0.6 is 0 Å². The van der Waals surface area contributed by atoms with Crippen LogP contribution in [0.1, 0.15) is 78.0 Å². The van der Waals surface area contributed by atoms with Crippen molar-refractivity contribution >= 4 is 18.2 Å². The number of nitrogens with one attached hydrogen (secondary N) is 2. The van der Waals surface area contributed by atoms with Crippen molar-refractivity contribution in [3.63, 3.8) is 0 Å². The molecule has 1 aliphatic carbocycles. The number of hydroxylamine groups is 2. The van der Waals surface area contributed by atoms with Gasteiger partial charge in [-0.25, -0.2) is 4.98 Å². The summed E-state index contributed by atoms with van der Waals surface area (Å²) in [6.07, 6.45) is 11.5. The SMILES string of the molecule is CN([O-])CCNC(=O)c1ccc(C2CC2)cc1.O=CO.[K+].c1cc2c(nc1CCCN1CCCCC1)NCCC2. The molecule has 0 radical (unpaired) electrons. The third-order valence-electron chi connectivity index (χ3n) is 7.24. The second-order valence-electron chi connectivity index (χ2n) is 10.5. The second kappa shape index (κ2) is 19.7. The third-order valence-corrected chi connectivity index (χ3v) is 7.24. The Morgan fingerprint density at radius 2 is 1.85 bits per heavy atom. The first-order valence-corrected chi connectivity index (χ1v) is 14.3. The Labute approximate surface area is 281 Å². The molecule has 0 unspecified atom stereocenters. The molecule has 2 aliphatic heterocycles. The summed E-state index contributed by atoms with van der Waals surface area (Å²) in [7, 11) is 1.44. The number of carboxylic acid groups (broad SMARTS) is 1. The molecule has 0 spiro atoms. The molecule has 0 atom stereocenters. The van der Waals surface area contributed by atoms with Gasteiger partial charge in [-0.15, -0.1) is 0 Å². The fraction of sp³-hybridized carbons (Fsp3) is 0.567. The molecule has 2 fully saturated rings. The molecule has 0 bridgehead atoms. The maximum Gasteiger partial charge on any atom is 1.00 e. The zero-order chi connectivity index (χ0) is 27.9. The van der Waals surface area contributed by atoms with E-state index in [2.05, 4.69) is 27.7 Å². The third kappa shape index (κ3) is 13.1. The van der Waals surface area contributed by atoms with Crippen molar-refractivity contribution in [2.45, 2.75) is 63.7 Å². The monoisotopic (exact) mass is 577 g/mol. The summed E-state index contributed by atoms with van der Waals surface area (Å²) in [6, 6.07) is 12.2. The fourth-order valence-electron chi connectivity index (χ4n) is 4.93. The van der Waals surface area contributed by atoms with Crippen LogP contribution in [0.5, 0.6) is 0 Å². The van der Waals surface area contributed by atoms with Gasteiger partial charge in [-0.05, 0) is 113 Å². The molecule has 1 aromatic heterocycles. The number of pyridine rings is 1. The van der Waals surface area contributed by atoms with Gasteiger partial charge in [-0.2, -0.15) is 0 Å². The number of likely N-dealkylation sites (tertiary alicyclic amines) is 1. The van der Waals surface area contributed by atoms with Crippen LogP contribution in [0, 0.1) is 5.21 Å². The molecular weight excluding hydrogens is 533 g/mol. The molecule has 3 aliphatic rings. The smallest absolute Gasteiger partial charge is 0.785 e. The first-order chi connectivity index (χ1) is 19.0. The Morgan fingerprint density at radius 3 is 2.50 bits per heavy atom. The fourth-order valence-corrected chi connectivity index (χ4v) is 4.93. The first kappa shape index (κ1) is 34.8. The summed E-state index contributed by atoms with van der Waals surface area (Å²) in [4.78, 5) is 27.4. The molecule has 2 aromatic rings. The Kier molecular flexibility index (Phi) is 17.1. The molecule has 1 saturated heterocycles. The average Bonchev–Trinajstić information content (AvgIpc) is 3.80. The topological polar surface area (TPSA) is 121 Å². The van der Waals surface area contributed by atoms with E-state index in [4.69, 9.17) is 14.9 Å². The van der Waals surface area contributed by atoms with Crippen LogP contribution in [-0.2, 0) is 17.6 Å². The van der Waals surface area contributed by atoms with Crippen LogP contribution in [0.4, 0.5) is 5.82 Å². The number of rotatable bonds is 9. The van der Waals surface area contributed by atoms with Gasteiger partial charge in [-0.1, -0.05) is 24.6 Å². The van der Waals surface area contributed by atoms with Crippen molar-refractivity contribution in [2.75, 3.05) is 51.6 Å². The van der Waals surface area contributed by atoms with E-state index in [-0.39, 0.29) is 63.8 Å². The summed E-state index contributed by atoms with van der Waals surface area (Å²) in [6.45, 7) is 5.37. The van der Waals surface area contributed by atoms with Gasteiger partial charge in [0.1, 0.15) is 5.82 Å². The van der Waals surface area contributed by atoms with Gasteiger partial charge in [-0.3, -0.25) is 9.59 Å². The summed E-state index contributed by atoms with van der Waals surface area (Å²) >= 11 is 0.